The first kappa shape index (κ1) is 29.4. The van der Waals surface area contributed by atoms with Crippen molar-refractivity contribution in [2.75, 3.05) is 0 Å². The van der Waals surface area contributed by atoms with Crippen LogP contribution in [0.1, 0.15) is 70.9 Å². The molecule has 0 N–H and O–H groups in total. The van der Waals surface area contributed by atoms with Crippen LogP contribution in [0.5, 0.6) is 0 Å². The van der Waals surface area contributed by atoms with Crippen LogP contribution >= 0.6 is 0 Å². The Morgan fingerprint density at radius 1 is 0.846 bits per heavy atom. The van der Waals surface area contributed by atoms with Crippen molar-refractivity contribution in [2.45, 2.75) is 60.3 Å². The average molecular weight is 529 g/mol. The summed E-state index contributed by atoms with van der Waals surface area (Å²) >= 11 is 0. The molecule has 4 aromatic heterocycles. The highest BCUT2D eigenvalue weighted by molar-refractivity contribution is 6.09. The number of para-hydroxylation sites is 1. The number of aromatic nitrogens is 4. The third-order valence-electron chi connectivity index (χ3n) is 7.15. The van der Waals surface area contributed by atoms with E-state index in [1.165, 1.54) is 29.6 Å². The Morgan fingerprint density at radius 2 is 1.49 bits per heavy atom. The van der Waals surface area contributed by atoms with Gasteiger partial charge in [-0.25, -0.2) is 14.7 Å². The van der Waals surface area contributed by atoms with Crippen molar-refractivity contribution >= 4 is 27.9 Å². The molecule has 1 aliphatic carbocycles. The monoisotopic (exact) mass is 528 g/mol. The van der Waals surface area contributed by atoms with E-state index >= 15 is 0 Å². The normalized spacial score (nSPS) is 16.5. The number of halogens is 1. The van der Waals surface area contributed by atoms with Gasteiger partial charge in [0.2, 0.25) is 0 Å². The minimum absolute atomic E-state index is 0.0370. The maximum Gasteiger partial charge on any atom is 0.397 e. The zero-order valence-electron chi connectivity index (χ0n) is 23.8. The molecule has 0 amide bonds. The molecule has 0 aliphatic heterocycles. The molecule has 1 unspecified atom stereocenters. The van der Waals surface area contributed by atoms with E-state index in [2.05, 4.69) is 76.8 Å². The fourth-order valence-corrected chi connectivity index (χ4v) is 4.86. The van der Waals surface area contributed by atoms with Crippen LogP contribution in [0.2, 0.25) is 0 Å². The zero-order valence-corrected chi connectivity index (χ0v) is 23.8. The summed E-state index contributed by atoms with van der Waals surface area (Å²) < 4.78 is 13.5. The van der Waals surface area contributed by atoms with Gasteiger partial charge in [-0.3, -0.25) is 9.97 Å². The smallest absolute Gasteiger partial charge is 0.306 e. The maximum absolute atomic E-state index is 11.2. The molecule has 6 nitrogen and oxygen atoms in total. The minimum atomic E-state index is -1.07. The van der Waals surface area contributed by atoms with Crippen LogP contribution < -0.4 is 0 Å². The summed E-state index contributed by atoms with van der Waals surface area (Å²) in [6.45, 7) is 15.0. The summed E-state index contributed by atoms with van der Waals surface area (Å²) in [7, 11) is 0. The largest absolute Gasteiger partial charge is 0.397 e. The maximum atomic E-state index is 11.2. The van der Waals surface area contributed by atoms with E-state index in [9.17, 15) is 9.32 Å². The van der Waals surface area contributed by atoms with Crippen LogP contribution in [0.3, 0.4) is 0 Å². The second kappa shape index (κ2) is 12.6. The van der Waals surface area contributed by atoms with Gasteiger partial charge in [0.05, 0.1) is 22.7 Å². The van der Waals surface area contributed by atoms with Crippen LogP contribution in [0, 0.1) is 5.41 Å². The molecular weight excluding hydrogens is 491 g/mol. The van der Waals surface area contributed by atoms with Gasteiger partial charge in [-0.2, -0.15) is 0 Å². The van der Waals surface area contributed by atoms with Crippen LogP contribution in [-0.4, -0.2) is 25.5 Å². The third kappa shape index (κ3) is 5.67. The highest BCUT2D eigenvalue weighted by Gasteiger charge is 2.59. The van der Waals surface area contributed by atoms with Gasteiger partial charge < -0.3 is 4.57 Å². The number of rotatable bonds is 3. The van der Waals surface area contributed by atoms with Gasteiger partial charge in [0.25, 0.3) is 0 Å². The molecule has 1 saturated carbocycles. The molecular formula is C32H37FN4O2. The highest BCUT2D eigenvalue weighted by Crippen LogP contribution is 2.65. The topological polar surface area (TPSA) is 69.9 Å². The van der Waals surface area contributed by atoms with E-state index in [0.29, 0.717) is 5.41 Å². The lowest BCUT2D eigenvalue weighted by molar-refractivity contribution is -0.0793. The summed E-state index contributed by atoms with van der Waals surface area (Å²) in [4.78, 5) is 26.2. The summed E-state index contributed by atoms with van der Waals surface area (Å²) in [5, 5.41) is 1.25. The Kier molecular flexibility index (Phi) is 9.51. The van der Waals surface area contributed by atoms with Crippen LogP contribution in [0.15, 0.2) is 85.5 Å². The molecule has 204 valence electrons. The van der Waals surface area contributed by atoms with Gasteiger partial charge in [-0.1, -0.05) is 72.7 Å². The predicted molar refractivity (Wildman–Crippen MR) is 156 cm³/mol. The van der Waals surface area contributed by atoms with Crippen LogP contribution in [-0.2, 0) is 10.4 Å². The van der Waals surface area contributed by atoms with Gasteiger partial charge in [0, 0.05) is 39.6 Å². The van der Waals surface area contributed by atoms with Gasteiger partial charge >= 0.3 is 5.97 Å². The number of nitrogens with zero attached hydrogens (tertiary/aromatic N) is 4. The first-order valence-electron chi connectivity index (χ1n) is 13.4. The number of fused-ring (bicyclic) bond motifs is 3. The van der Waals surface area contributed by atoms with Crippen molar-refractivity contribution < 1.29 is 14.3 Å². The first-order valence-corrected chi connectivity index (χ1v) is 13.4. The zero-order chi connectivity index (χ0) is 28.6. The lowest BCUT2D eigenvalue weighted by Crippen LogP contribution is -2.10. The van der Waals surface area contributed by atoms with Crippen molar-refractivity contribution in [1.29, 1.82) is 0 Å². The molecule has 0 bridgehead atoms. The molecule has 0 radical (unpaired) electrons. The first-order chi connectivity index (χ1) is 18.9. The molecule has 4 heterocycles. The Morgan fingerprint density at radius 3 is 2.08 bits per heavy atom. The molecule has 39 heavy (non-hydrogen) atoms. The van der Waals surface area contributed by atoms with Crippen molar-refractivity contribution in [3.63, 3.8) is 0 Å². The SMILES string of the molecule is CC.CC.CC1(C)CC1(C)c1cncc2c1c1ncccc1n2-c1ccccc1.O=C(OF)c1ccccn1. The molecule has 1 fully saturated rings. The van der Waals surface area contributed by atoms with E-state index in [1.54, 1.807) is 12.1 Å². The Balaban J connectivity index is 0.000000253. The second-order valence-electron chi connectivity index (χ2n) is 9.60. The molecule has 0 saturated heterocycles. The Labute approximate surface area is 229 Å². The van der Waals surface area contributed by atoms with Crippen molar-refractivity contribution in [2.24, 2.45) is 5.41 Å². The van der Waals surface area contributed by atoms with E-state index in [4.69, 9.17) is 4.98 Å². The molecule has 1 aromatic carbocycles. The van der Waals surface area contributed by atoms with E-state index < -0.39 is 5.97 Å². The standard InChI is InChI=1S/C22H21N3.C6H4FNO2.2C2H6/c1-21(2)14-22(21,3)16-12-23-13-18-19(16)20-17(10-7-11-24-20)25(18)15-8-5-4-6-9-15;7-10-6(9)5-3-1-2-4-8-5;2*1-2/h4-13H,14H2,1-3H3;1-4H;2*1-2H3. The lowest BCUT2D eigenvalue weighted by atomic mass is 9.89. The second-order valence-corrected chi connectivity index (χ2v) is 9.60. The van der Waals surface area contributed by atoms with Crippen molar-refractivity contribution in [3.8, 4) is 5.69 Å². The van der Waals surface area contributed by atoms with E-state index in [1.807, 2.05) is 52.2 Å². The van der Waals surface area contributed by atoms with E-state index in [0.717, 1.165) is 22.2 Å². The molecule has 0 spiro atoms. The summed E-state index contributed by atoms with van der Waals surface area (Å²) in [6, 6.07) is 19.2. The average Bonchev–Trinajstić information content (AvgIpc) is 3.35. The quantitative estimate of drug-likeness (QED) is 0.235. The van der Waals surface area contributed by atoms with Gasteiger partial charge in [0.1, 0.15) is 0 Å². The van der Waals surface area contributed by atoms with Crippen LogP contribution in [0.25, 0.3) is 27.6 Å². The number of carbonyl (C=O) groups is 1. The van der Waals surface area contributed by atoms with Crippen molar-refractivity contribution in [3.05, 3.63) is 96.7 Å². The van der Waals surface area contributed by atoms with E-state index in [-0.39, 0.29) is 11.1 Å². The fourth-order valence-electron chi connectivity index (χ4n) is 4.86. The predicted octanol–water partition coefficient (Wildman–Crippen LogP) is 8.44. The van der Waals surface area contributed by atoms with Crippen LogP contribution in [0.4, 0.5) is 4.53 Å². The van der Waals surface area contributed by atoms with Gasteiger partial charge in [-0.05, 0) is 53.8 Å². The molecule has 5 aromatic rings. The number of hydrogen-bond donors (Lipinski definition) is 0. The summed E-state index contributed by atoms with van der Waals surface area (Å²) in [6.07, 6.45) is 8.49. The number of pyridine rings is 3. The lowest BCUT2D eigenvalue weighted by Gasteiger charge is -2.16. The molecule has 1 atom stereocenters. The number of carbonyl (C=O) groups excluding carboxylic acids is 1. The third-order valence-corrected chi connectivity index (χ3v) is 7.15. The Hall–Kier alpha value is -4.13. The highest BCUT2D eigenvalue weighted by atomic mass is 19.3. The summed E-state index contributed by atoms with van der Waals surface area (Å²) in [5.74, 6) is -1.07. The molecule has 6 rings (SSSR count). The summed E-state index contributed by atoms with van der Waals surface area (Å²) in [5.41, 5.74) is 6.25. The van der Waals surface area contributed by atoms with Crippen molar-refractivity contribution in [1.82, 2.24) is 19.5 Å². The molecule has 7 heteroatoms. The Bertz CT molecular complexity index is 1520. The minimum Gasteiger partial charge on any atom is -0.306 e. The van der Waals surface area contributed by atoms with Gasteiger partial charge in [-0.15, -0.1) is 0 Å². The molecule has 1 aliphatic rings. The van der Waals surface area contributed by atoms with Gasteiger partial charge in [0.15, 0.2) is 5.69 Å². The number of hydrogen-bond acceptors (Lipinski definition) is 5. The number of benzene rings is 1. The fraction of sp³-hybridized carbons (Fsp3) is 0.312.